The molecule has 1 aromatic heterocycles. The van der Waals surface area contributed by atoms with E-state index in [2.05, 4.69) is 84.3 Å². The van der Waals surface area contributed by atoms with E-state index in [4.69, 9.17) is 5.73 Å². The minimum absolute atomic E-state index is 0.129. The summed E-state index contributed by atoms with van der Waals surface area (Å²) in [5.41, 5.74) is 7.94. The summed E-state index contributed by atoms with van der Waals surface area (Å²) in [7, 11) is 0. The standard InChI is InChI=1S/C20H25N5/c1-5-25(16-12-8-10-14-9-6-7-11-15(14)16)19-17(21)18(22-13-23-19)24-20(2,3)4/h6-13H,5,21H2,1-4H3,(H,22,23,24). The van der Waals surface area contributed by atoms with E-state index >= 15 is 0 Å². The highest BCUT2D eigenvalue weighted by molar-refractivity contribution is 5.97. The molecule has 3 N–H and O–H groups in total. The molecule has 5 nitrogen and oxygen atoms in total. The zero-order valence-corrected chi connectivity index (χ0v) is 15.2. The van der Waals surface area contributed by atoms with Crippen molar-refractivity contribution in [3.63, 3.8) is 0 Å². The second-order valence-corrected chi connectivity index (χ2v) is 7.08. The molecule has 0 radical (unpaired) electrons. The first-order valence-corrected chi connectivity index (χ1v) is 8.54. The number of nitrogens with one attached hydrogen (secondary N) is 1. The van der Waals surface area contributed by atoms with E-state index < -0.39 is 0 Å². The maximum atomic E-state index is 6.42. The molecule has 0 amide bonds. The Labute approximate surface area is 148 Å². The van der Waals surface area contributed by atoms with E-state index in [1.807, 2.05) is 6.07 Å². The van der Waals surface area contributed by atoms with Crippen LogP contribution in [0, 0.1) is 0 Å². The van der Waals surface area contributed by atoms with Gasteiger partial charge in [0.25, 0.3) is 0 Å². The number of anilines is 4. The van der Waals surface area contributed by atoms with Gasteiger partial charge in [-0.25, -0.2) is 9.97 Å². The van der Waals surface area contributed by atoms with Gasteiger partial charge in [0.15, 0.2) is 11.6 Å². The third kappa shape index (κ3) is 3.50. The summed E-state index contributed by atoms with van der Waals surface area (Å²) >= 11 is 0. The predicted octanol–water partition coefficient (Wildman–Crippen LogP) is 4.58. The summed E-state index contributed by atoms with van der Waals surface area (Å²) in [6.45, 7) is 9.09. The van der Waals surface area contributed by atoms with E-state index in [1.54, 1.807) is 6.33 Å². The fourth-order valence-electron chi connectivity index (χ4n) is 2.93. The molecule has 1 heterocycles. The molecule has 0 fully saturated rings. The molecule has 5 heteroatoms. The van der Waals surface area contributed by atoms with Crippen LogP contribution in [0.5, 0.6) is 0 Å². The maximum absolute atomic E-state index is 6.42. The molecule has 3 aromatic rings. The van der Waals surface area contributed by atoms with Crippen molar-refractivity contribution in [2.24, 2.45) is 0 Å². The zero-order chi connectivity index (χ0) is 18.0. The number of aromatic nitrogens is 2. The quantitative estimate of drug-likeness (QED) is 0.730. The number of hydrogen-bond acceptors (Lipinski definition) is 5. The third-order valence-corrected chi connectivity index (χ3v) is 3.99. The average molecular weight is 335 g/mol. The summed E-state index contributed by atoms with van der Waals surface area (Å²) in [5.74, 6) is 1.39. The summed E-state index contributed by atoms with van der Waals surface area (Å²) in [6.07, 6.45) is 1.56. The molecule has 3 rings (SSSR count). The Kier molecular flexibility index (Phi) is 4.49. The van der Waals surface area contributed by atoms with Gasteiger partial charge in [-0.1, -0.05) is 36.4 Å². The van der Waals surface area contributed by atoms with Crippen molar-refractivity contribution in [3.05, 3.63) is 48.8 Å². The molecule has 2 aromatic carbocycles. The van der Waals surface area contributed by atoms with Crippen molar-refractivity contribution in [1.29, 1.82) is 0 Å². The molecule has 0 bridgehead atoms. The molecule has 25 heavy (non-hydrogen) atoms. The number of benzene rings is 2. The Hall–Kier alpha value is -2.82. The predicted molar refractivity (Wildman–Crippen MR) is 106 cm³/mol. The first-order chi connectivity index (χ1) is 11.9. The van der Waals surface area contributed by atoms with Gasteiger partial charge in [0.2, 0.25) is 0 Å². The van der Waals surface area contributed by atoms with Crippen LogP contribution in [0.4, 0.5) is 23.0 Å². The summed E-state index contributed by atoms with van der Waals surface area (Å²) < 4.78 is 0. The van der Waals surface area contributed by atoms with Crippen molar-refractivity contribution < 1.29 is 0 Å². The van der Waals surface area contributed by atoms with Gasteiger partial charge in [-0.3, -0.25) is 0 Å². The van der Waals surface area contributed by atoms with E-state index in [0.717, 1.165) is 18.1 Å². The number of rotatable bonds is 4. The number of fused-ring (bicyclic) bond motifs is 1. The first-order valence-electron chi connectivity index (χ1n) is 8.54. The van der Waals surface area contributed by atoms with Crippen molar-refractivity contribution >= 4 is 33.8 Å². The van der Waals surface area contributed by atoms with Gasteiger partial charge in [0, 0.05) is 17.5 Å². The van der Waals surface area contributed by atoms with Crippen molar-refractivity contribution in [1.82, 2.24) is 9.97 Å². The lowest BCUT2D eigenvalue weighted by molar-refractivity contribution is 0.630. The van der Waals surface area contributed by atoms with Gasteiger partial charge in [-0.2, -0.15) is 0 Å². The van der Waals surface area contributed by atoms with Crippen molar-refractivity contribution in [3.8, 4) is 0 Å². The van der Waals surface area contributed by atoms with E-state index in [-0.39, 0.29) is 5.54 Å². The second-order valence-electron chi connectivity index (χ2n) is 7.08. The number of hydrogen-bond donors (Lipinski definition) is 2. The van der Waals surface area contributed by atoms with Crippen LogP contribution < -0.4 is 16.0 Å². The molecule has 0 atom stereocenters. The van der Waals surface area contributed by atoms with Crippen LogP contribution in [0.1, 0.15) is 27.7 Å². The monoisotopic (exact) mass is 335 g/mol. The lowest BCUT2D eigenvalue weighted by Gasteiger charge is -2.27. The van der Waals surface area contributed by atoms with Crippen LogP contribution in [0.2, 0.25) is 0 Å². The maximum Gasteiger partial charge on any atom is 0.161 e. The lowest BCUT2D eigenvalue weighted by atomic mass is 10.1. The Bertz CT molecular complexity index is 877. The smallest absolute Gasteiger partial charge is 0.161 e. The minimum Gasteiger partial charge on any atom is -0.393 e. The van der Waals surface area contributed by atoms with Gasteiger partial charge < -0.3 is 16.0 Å². The van der Waals surface area contributed by atoms with Crippen LogP contribution in [-0.2, 0) is 0 Å². The van der Waals surface area contributed by atoms with Crippen LogP contribution in [0.15, 0.2) is 48.8 Å². The molecule has 0 saturated heterocycles. The van der Waals surface area contributed by atoms with Crippen molar-refractivity contribution in [2.75, 3.05) is 22.5 Å². The minimum atomic E-state index is -0.129. The molecule has 0 saturated carbocycles. The largest absolute Gasteiger partial charge is 0.393 e. The fraction of sp³-hybridized carbons (Fsp3) is 0.300. The van der Waals surface area contributed by atoms with E-state index in [0.29, 0.717) is 11.5 Å². The molecular weight excluding hydrogens is 310 g/mol. The lowest BCUT2D eigenvalue weighted by Crippen LogP contribution is -2.28. The highest BCUT2D eigenvalue weighted by atomic mass is 15.2. The van der Waals surface area contributed by atoms with Crippen LogP contribution in [0.25, 0.3) is 10.8 Å². The van der Waals surface area contributed by atoms with E-state index in [9.17, 15) is 0 Å². The van der Waals surface area contributed by atoms with Crippen LogP contribution in [-0.4, -0.2) is 22.1 Å². The Morgan fingerprint density at radius 3 is 2.48 bits per heavy atom. The van der Waals surface area contributed by atoms with E-state index in [1.165, 1.54) is 10.8 Å². The summed E-state index contributed by atoms with van der Waals surface area (Å²) in [6, 6.07) is 14.6. The second kappa shape index (κ2) is 6.59. The highest BCUT2D eigenvalue weighted by Gasteiger charge is 2.19. The topological polar surface area (TPSA) is 67.1 Å². The number of nitrogen functional groups attached to an aromatic ring is 1. The zero-order valence-electron chi connectivity index (χ0n) is 15.2. The van der Waals surface area contributed by atoms with Crippen LogP contribution in [0.3, 0.4) is 0 Å². The molecular formula is C20H25N5. The van der Waals surface area contributed by atoms with Gasteiger partial charge in [-0.05, 0) is 39.1 Å². The SMILES string of the molecule is CCN(c1ncnc(NC(C)(C)C)c1N)c1cccc2ccccc12. The summed E-state index contributed by atoms with van der Waals surface area (Å²) in [5, 5.41) is 5.72. The Morgan fingerprint density at radius 2 is 1.76 bits per heavy atom. The van der Waals surface area contributed by atoms with Crippen molar-refractivity contribution in [2.45, 2.75) is 33.2 Å². The number of nitrogens with two attached hydrogens (primary N) is 1. The molecule has 0 aliphatic rings. The molecule has 0 aliphatic heterocycles. The van der Waals surface area contributed by atoms with Gasteiger partial charge >= 0.3 is 0 Å². The molecule has 0 aliphatic carbocycles. The average Bonchev–Trinajstić information content (AvgIpc) is 2.58. The summed E-state index contributed by atoms with van der Waals surface area (Å²) in [4.78, 5) is 10.9. The Morgan fingerprint density at radius 1 is 1.04 bits per heavy atom. The third-order valence-electron chi connectivity index (χ3n) is 3.99. The highest BCUT2D eigenvalue weighted by Crippen LogP contribution is 2.36. The first kappa shape index (κ1) is 17.0. The normalized spacial score (nSPS) is 11.5. The fourth-order valence-corrected chi connectivity index (χ4v) is 2.93. The number of nitrogens with zero attached hydrogens (tertiary/aromatic N) is 3. The van der Waals surface area contributed by atoms with Crippen LogP contribution >= 0.6 is 0 Å². The molecule has 0 unspecified atom stereocenters. The molecule has 130 valence electrons. The van der Waals surface area contributed by atoms with Gasteiger partial charge in [0.1, 0.15) is 12.0 Å². The van der Waals surface area contributed by atoms with Gasteiger partial charge in [0.05, 0.1) is 5.69 Å². The Balaban J connectivity index is 2.11. The van der Waals surface area contributed by atoms with Gasteiger partial charge in [-0.15, -0.1) is 0 Å². The molecule has 0 spiro atoms.